The first-order valence-corrected chi connectivity index (χ1v) is 9.11. The summed E-state index contributed by atoms with van der Waals surface area (Å²) in [6, 6.07) is 7.49. The standard InChI is InChI=1S/C19H27N3O/c1-14-4-7-18(21-9-2-3-10-21)17(12-14)19(23)22-11-8-15-5-6-16(13-22)20-15/h4,7,12,15-16,20H,2-3,5-6,8-11,13H2,1H3. The van der Waals surface area contributed by atoms with Crippen LogP contribution in [0.5, 0.6) is 0 Å². The Morgan fingerprint density at radius 3 is 2.70 bits per heavy atom. The van der Waals surface area contributed by atoms with E-state index in [0.717, 1.165) is 43.9 Å². The van der Waals surface area contributed by atoms with Crippen molar-refractivity contribution in [2.45, 2.75) is 51.1 Å². The molecule has 4 heteroatoms. The summed E-state index contributed by atoms with van der Waals surface area (Å²) in [7, 11) is 0. The van der Waals surface area contributed by atoms with E-state index in [2.05, 4.69) is 40.2 Å². The molecule has 2 atom stereocenters. The van der Waals surface area contributed by atoms with E-state index in [0.29, 0.717) is 12.1 Å². The van der Waals surface area contributed by atoms with E-state index in [1.54, 1.807) is 0 Å². The van der Waals surface area contributed by atoms with Crippen molar-refractivity contribution in [3.8, 4) is 0 Å². The molecule has 3 heterocycles. The van der Waals surface area contributed by atoms with Gasteiger partial charge in [-0.3, -0.25) is 4.79 Å². The van der Waals surface area contributed by atoms with Crippen LogP contribution in [0.4, 0.5) is 5.69 Å². The Balaban J connectivity index is 1.60. The van der Waals surface area contributed by atoms with E-state index in [1.165, 1.54) is 31.2 Å². The Labute approximate surface area is 138 Å². The highest BCUT2D eigenvalue weighted by Gasteiger charge is 2.32. The minimum atomic E-state index is 0.227. The molecule has 0 spiro atoms. The van der Waals surface area contributed by atoms with Crippen molar-refractivity contribution in [3.63, 3.8) is 0 Å². The second kappa shape index (κ2) is 6.16. The summed E-state index contributed by atoms with van der Waals surface area (Å²) in [5.74, 6) is 0.227. The van der Waals surface area contributed by atoms with Crippen LogP contribution in [0.3, 0.4) is 0 Å². The first kappa shape index (κ1) is 15.0. The number of likely N-dealkylation sites (tertiary alicyclic amines) is 1. The van der Waals surface area contributed by atoms with E-state index in [4.69, 9.17) is 0 Å². The van der Waals surface area contributed by atoms with Gasteiger partial charge in [0.2, 0.25) is 0 Å². The maximum atomic E-state index is 13.2. The third-order valence-corrected chi connectivity index (χ3v) is 5.64. The summed E-state index contributed by atoms with van der Waals surface area (Å²) in [6.07, 6.45) is 6.04. The van der Waals surface area contributed by atoms with Crippen molar-refractivity contribution in [1.82, 2.24) is 10.2 Å². The molecule has 0 radical (unpaired) electrons. The molecular weight excluding hydrogens is 286 g/mol. The minimum Gasteiger partial charge on any atom is -0.371 e. The first-order chi connectivity index (χ1) is 11.2. The number of hydrogen-bond donors (Lipinski definition) is 1. The highest BCUT2D eigenvalue weighted by Crippen LogP contribution is 2.28. The molecule has 0 aromatic heterocycles. The van der Waals surface area contributed by atoms with Gasteiger partial charge in [-0.2, -0.15) is 0 Å². The Kier molecular flexibility index (Phi) is 4.02. The van der Waals surface area contributed by atoms with Gasteiger partial charge in [-0.25, -0.2) is 0 Å². The lowest BCUT2D eigenvalue weighted by molar-refractivity contribution is 0.0748. The van der Waals surface area contributed by atoms with Crippen molar-refractivity contribution in [2.75, 3.05) is 31.1 Å². The highest BCUT2D eigenvalue weighted by molar-refractivity contribution is 6.00. The second-order valence-electron chi connectivity index (χ2n) is 7.39. The molecule has 1 aromatic carbocycles. The molecule has 3 fully saturated rings. The smallest absolute Gasteiger partial charge is 0.256 e. The number of hydrogen-bond acceptors (Lipinski definition) is 3. The predicted molar refractivity (Wildman–Crippen MR) is 93.1 cm³/mol. The molecule has 4 rings (SSSR count). The highest BCUT2D eigenvalue weighted by atomic mass is 16.2. The number of nitrogens with one attached hydrogen (secondary N) is 1. The number of rotatable bonds is 2. The van der Waals surface area contributed by atoms with Gasteiger partial charge in [-0.05, 0) is 51.2 Å². The average molecular weight is 313 g/mol. The molecule has 124 valence electrons. The summed E-state index contributed by atoms with van der Waals surface area (Å²) in [4.78, 5) is 17.7. The molecule has 4 nitrogen and oxygen atoms in total. The van der Waals surface area contributed by atoms with E-state index in [1.807, 2.05) is 0 Å². The van der Waals surface area contributed by atoms with Gasteiger partial charge in [-0.1, -0.05) is 11.6 Å². The molecular formula is C19H27N3O. The van der Waals surface area contributed by atoms with Crippen LogP contribution in [-0.4, -0.2) is 49.1 Å². The first-order valence-electron chi connectivity index (χ1n) is 9.11. The van der Waals surface area contributed by atoms with Gasteiger partial charge in [0.05, 0.1) is 5.56 Å². The number of carbonyl (C=O) groups excluding carboxylic acids is 1. The third kappa shape index (κ3) is 2.97. The van der Waals surface area contributed by atoms with E-state index in [-0.39, 0.29) is 5.91 Å². The fraction of sp³-hybridized carbons (Fsp3) is 0.632. The number of fused-ring (bicyclic) bond motifs is 2. The van der Waals surface area contributed by atoms with Gasteiger partial charge in [0.15, 0.2) is 0 Å². The van der Waals surface area contributed by atoms with Gasteiger partial charge in [0, 0.05) is 44.0 Å². The van der Waals surface area contributed by atoms with Crippen LogP contribution >= 0.6 is 0 Å². The lowest BCUT2D eigenvalue weighted by Crippen LogP contribution is -2.39. The molecule has 23 heavy (non-hydrogen) atoms. The monoisotopic (exact) mass is 313 g/mol. The molecule has 3 aliphatic rings. The van der Waals surface area contributed by atoms with Crippen molar-refractivity contribution in [3.05, 3.63) is 29.3 Å². The summed E-state index contributed by atoms with van der Waals surface area (Å²) in [5, 5.41) is 3.67. The summed E-state index contributed by atoms with van der Waals surface area (Å²) in [6.45, 7) is 5.99. The molecule has 3 saturated heterocycles. The molecule has 2 unspecified atom stereocenters. The van der Waals surface area contributed by atoms with Crippen molar-refractivity contribution in [1.29, 1.82) is 0 Å². The van der Waals surface area contributed by atoms with Crippen molar-refractivity contribution < 1.29 is 4.79 Å². The van der Waals surface area contributed by atoms with Crippen LogP contribution in [0.1, 0.15) is 48.0 Å². The van der Waals surface area contributed by atoms with Gasteiger partial charge in [-0.15, -0.1) is 0 Å². The molecule has 0 aliphatic carbocycles. The number of benzene rings is 1. The van der Waals surface area contributed by atoms with Crippen LogP contribution in [0.25, 0.3) is 0 Å². The maximum Gasteiger partial charge on any atom is 0.256 e. The number of carbonyl (C=O) groups is 1. The number of anilines is 1. The van der Waals surface area contributed by atoms with E-state index >= 15 is 0 Å². The Hall–Kier alpha value is -1.55. The van der Waals surface area contributed by atoms with Gasteiger partial charge >= 0.3 is 0 Å². The average Bonchev–Trinajstić information content (AvgIpc) is 3.16. The summed E-state index contributed by atoms with van der Waals surface area (Å²) in [5.41, 5.74) is 3.22. The topological polar surface area (TPSA) is 35.6 Å². The number of amides is 1. The Morgan fingerprint density at radius 1 is 1.09 bits per heavy atom. The fourth-order valence-corrected chi connectivity index (χ4v) is 4.35. The van der Waals surface area contributed by atoms with Crippen LogP contribution < -0.4 is 10.2 Å². The van der Waals surface area contributed by atoms with Crippen LogP contribution in [-0.2, 0) is 0 Å². The van der Waals surface area contributed by atoms with Crippen molar-refractivity contribution >= 4 is 11.6 Å². The molecule has 0 saturated carbocycles. The Bertz CT molecular complexity index is 594. The molecule has 1 N–H and O–H groups in total. The quantitative estimate of drug-likeness (QED) is 0.911. The van der Waals surface area contributed by atoms with Gasteiger partial charge in [0.1, 0.15) is 0 Å². The fourth-order valence-electron chi connectivity index (χ4n) is 4.35. The van der Waals surface area contributed by atoms with Crippen LogP contribution in [0.2, 0.25) is 0 Å². The van der Waals surface area contributed by atoms with Crippen LogP contribution in [0, 0.1) is 6.92 Å². The third-order valence-electron chi connectivity index (χ3n) is 5.64. The normalized spacial score (nSPS) is 27.3. The van der Waals surface area contributed by atoms with Crippen LogP contribution in [0.15, 0.2) is 18.2 Å². The molecule has 2 bridgehead atoms. The summed E-state index contributed by atoms with van der Waals surface area (Å²) >= 11 is 0. The molecule has 1 amide bonds. The molecule has 3 aliphatic heterocycles. The number of aryl methyl sites for hydroxylation is 1. The number of nitrogens with zero attached hydrogens (tertiary/aromatic N) is 2. The minimum absolute atomic E-state index is 0.227. The maximum absolute atomic E-state index is 13.2. The van der Waals surface area contributed by atoms with E-state index in [9.17, 15) is 4.79 Å². The van der Waals surface area contributed by atoms with Gasteiger partial charge < -0.3 is 15.1 Å². The SMILES string of the molecule is Cc1ccc(N2CCCC2)c(C(=O)N2CCC3CCC(C2)N3)c1. The zero-order valence-corrected chi connectivity index (χ0v) is 14.1. The second-order valence-corrected chi connectivity index (χ2v) is 7.39. The van der Waals surface area contributed by atoms with Gasteiger partial charge in [0.25, 0.3) is 5.91 Å². The zero-order chi connectivity index (χ0) is 15.8. The zero-order valence-electron chi connectivity index (χ0n) is 14.1. The Morgan fingerprint density at radius 2 is 1.87 bits per heavy atom. The summed E-state index contributed by atoms with van der Waals surface area (Å²) < 4.78 is 0. The lowest BCUT2D eigenvalue weighted by atomic mass is 10.0. The lowest BCUT2D eigenvalue weighted by Gasteiger charge is -2.28. The largest absolute Gasteiger partial charge is 0.371 e. The van der Waals surface area contributed by atoms with Crippen molar-refractivity contribution in [2.24, 2.45) is 0 Å². The molecule has 1 aromatic rings. The predicted octanol–water partition coefficient (Wildman–Crippen LogP) is 2.56. The van der Waals surface area contributed by atoms with E-state index < -0.39 is 0 Å².